The molecule has 0 atom stereocenters. The van der Waals surface area contributed by atoms with Gasteiger partial charge in [0.2, 0.25) is 0 Å². The summed E-state index contributed by atoms with van der Waals surface area (Å²) in [7, 11) is 1.72. The fourth-order valence-corrected chi connectivity index (χ4v) is 3.29. The molecule has 1 heterocycles. The molecule has 0 aromatic heterocycles. The number of amides is 2. The molecular weight excluding hydrogens is 340 g/mol. The number of imide groups is 1. The van der Waals surface area contributed by atoms with Gasteiger partial charge in [-0.3, -0.25) is 9.59 Å². The number of aryl methyl sites for hydroxylation is 3. The topological polar surface area (TPSA) is 60.9 Å². The summed E-state index contributed by atoms with van der Waals surface area (Å²) in [4.78, 5) is 29.4. The molecule has 2 aromatic carbocycles. The van der Waals surface area contributed by atoms with Gasteiger partial charge in [-0.2, -0.15) is 0 Å². The van der Waals surface area contributed by atoms with Crippen LogP contribution in [0.3, 0.4) is 0 Å². The number of rotatable bonds is 5. The van der Waals surface area contributed by atoms with Crippen LogP contribution in [0.2, 0.25) is 0 Å². The predicted octanol–water partition coefficient (Wildman–Crippen LogP) is 2.82. The number of benzene rings is 2. The Hall–Kier alpha value is -2.92. The van der Waals surface area contributed by atoms with Gasteiger partial charge in [0.25, 0.3) is 11.8 Å². The second kappa shape index (κ2) is 7.37. The van der Waals surface area contributed by atoms with Crippen LogP contribution in [0.15, 0.2) is 48.2 Å². The van der Waals surface area contributed by atoms with Crippen molar-refractivity contribution in [3.05, 3.63) is 70.4 Å². The van der Waals surface area contributed by atoms with E-state index in [2.05, 4.69) is 0 Å². The molecule has 1 aliphatic heterocycles. The molecule has 0 fully saturated rings. The molecule has 0 saturated heterocycles. The van der Waals surface area contributed by atoms with Crippen LogP contribution < -0.4 is 4.90 Å². The minimum absolute atomic E-state index is 0.105. The second-order valence-electron chi connectivity index (χ2n) is 6.95. The fourth-order valence-electron chi connectivity index (χ4n) is 3.29. The Labute approximate surface area is 159 Å². The van der Waals surface area contributed by atoms with Crippen LogP contribution in [0.1, 0.15) is 22.3 Å². The largest absolute Gasteiger partial charge is 0.395 e. The number of carbonyl (C=O) groups excluding carboxylic acids is 2. The minimum Gasteiger partial charge on any atom is -0.395 e. The van der Waals surface area contributed by atoms with E-state index in [1.165, 1.54) is 4.90 Å². The van der Waals surface area contributed by atoms with Gasteiger partial charge in [-0.15, -0.1) is 0 Å². The third-order valence-corrected chi connectivity index (χ3v) is 4.93. The first-order chi connectivity index (χ1) is 12.8. The minimum atomic E-state index is -0.366. The van der Waals surface area contributed by atoms with Crippen molar-refractivity contribution < 1.29 is 14.7 Å². The number of nitrogens with zero attached hydrogens (tertiary/aromatic N) is 2. The van der Waals surface area contributed by atoms with E-state index in [0.717, 1.165) is 16.7 Å². The Morgan fingerprint density at radius 3 is 2.33 bits per heavy atom. The number of aliphatic hydroxyl groups excluding tert-OH is 1. The highest BCUT2D eigenvalue weighted by Crippen LogP contribution is 2.35. The Morgan fingerprint density at radius 1 is 0.963 bits per heavy atom. The summed E-state index contributed by atoms with van der Waals surface area (Å²) < 4.78 is 0. The van der Waals surface area contributed by atoms with Crippen molar-refractivity contribution >= 4 is 23.1 Å². The standard InChI is InChI=1S/C22H24N2O3/c1-14-6-5-7-18(12-14)24-21(26)19(17-9-8-15(2)16(3)13-17)20(22(24)27)23(4)10-11-25/h5-9,12-13,25H,10-11H2,1-4H3. The SMILES string of the molecule is Cc1cccc(N2C(=O)C(c3ccc(C)c(C)c3)=C(N(C)CCO)C2=O)c1. The van der Waals surface area contributed by atoms with Gasteiger partial charge in [0.05, 0.1) is 17.9 Å². The molecule has 0 saturated carbocycles. The summed E-state index contributed by atoms with van der Waals surface area (Å²) in [6.07, 6.45) is 0. The van der Waals surface area contributed by atoms with E-state index in [-0.39, 0.29) is 25.0 Å². The maximum atomic E-state index is 13.3. The summed E-state index contributed by atoms with van der Waals surface area (Å²) >= 11 is 0. The fraction of sp³-hybridized carbons (Fsp3) is 0.273. The van der Waals surface area contributed by atoms with Crippen molar-refractivity contribution in [1.29, 1.82) is 0 Å². The number of hydrogen-bond donors (Lipinski definition) is 1. The van der Waals surface area contributed by atoms with Crippen LogP contribution in [0.25, 0.3) is 5.57 Å². The molecular formula is C22H24N2O3. The molecule has 1 aliphatic rings. The maximum Gasteiger partial charge on any atom is 0.282 e. The predicted molar refractivity (Wildman–Crippen MR) is 106 cm³/mol. The Balaban J connectivity index is 2.16. The first-order valence-electron chi connectivity index (χ1n) is 8.94. The normalized spacial score (nSPS) is 14.3. The number of anilines is 1. The van der Waals surface area contributed by atoms with Crippen LogP contribution in [-0.2, 0) is 9.59 Å². The zero-order valence-corrected chi connectivity index (χ0v) is 16.1. The van der Waals surface area contributed by atoms with Crippen LogP contribution in [-0.4, -0.2) is 42.0 Å². The van der Waals surface area contributed by atoms with Gasteiger partial charge >= 0.3 is 0 Å². The lowest BCUT2D eigenvalue weighted by molar-refractivity contribution is -0.120. The lowest BCUT2D eigenvalue weighted by atomic mass is 9.99. The molecule has 0 aliphatic carbocycles. The Morgan fingerprint density at radius 2 is 1.70 bits per heavy atom. The summed E-state index contributed by atoms with van der Waals surface area (Å²) in [5.74, 6) is -0.705. The number of aliphatic hydroxyl groups is 1. The highest BCUT2D eigenvalue weighted by Gasteiger charge is 2.41. The Kier molecular flexibility index (Phi) is 5.15. The van der Waals surface area contributed by atoms with Gasteiger partial charge in [0.1, 0.15) is 5.70 Å². The van der Waals surface area contributed by atoms with Gasteiger partial charge in [0.15, 0.2) is 0 Å². The zero-order valence-electron chi connectivity index (χ0n) is 16.1. The van der Waals surface area contributed by atoms with E-state index >= 15 is 0 Å². The molecule has 27 heavy (non-hydrogen) atoms. The third kappa shape index (κ3) is 3.38. The van der Waals surface area contributed by atoms with Crippen LogP contribution >= 0.6 is 0 Å². The molecule has 2 aromatic rings. The molecule has 3 rings (SSSR count). The summed E-state index contributed by atoms with van der Waals surface area (Å²) in [5, 5.41) is 9.33. The second-order valence-corrected chi connectivity index (χ2v) is 6.95. The summed E-state index contributed by atoms with van der Waals surface area (Å²) in [6.45, 7) is 6.07. The van der Waals surface area contributed by atoms with E-state index in [1.807, 2.05) is 57.2 Å². The lowest BCUT2D eigenvalue weighted by Crippen LogP contribution is -2.34. The summed E-state index contributed by atoms with van der Waals surface area (Å²) in [6, 6.07) is 13.1. The Bertz CT molecular complexity index is 946. The highest BCUT2D eigenvalue weighted by molar-refractivity contribution is 6.45. The van der Waals surface area contributed by atoms with Gasteiger partial charge < -0.3 is 10.0 Å². The lowest BCUT2D eigenvalue weighted by Gasteiger charge is -2.20. The quantitative estimate of drug-likeness (QED) is 0.829. The smallest absolute Gasteiger partial charge is 0.282 e. The van der Waals surface area contributed by atoms with Gasteiger partial charge in [0, 0.05) is 13.6 Å². The molecule has 5 nitrogen and oxygen atoms in total. The van der Waals surface area contributed by atoms with E-state index in [4.69, 9.17) is 0 Å². The van der Waals surface area contributed by atoms with Gasteiger partial charge in [-0.25, -0.2) is 4.90 Å². The molecule has 0 unspecified atom stereocenters. The van der Waals surface area contributed by atoms with Crippen molar-refractivity contribution in [2.24, 2.45) is 0 Å². The van der Waals surface area contributed by atoms with E-state index in [9.17, 15) is 14.7 Å². The molecule has 0 radical (unpaired) electrons. The van der Waals surface area contributed by atoms with Gasteiger partial charge in [-0.05, 0) is 55.2 Å². The van der Waals surface area contributed by atoms with Crippen molar-refractivity contribution in [2.45, 2.75) is 20.8 Å². The van der Waals surface area contributed by atoms with Crippen LogP contribution in [0.4, 0.5) is 5.69 Å². The maximum absolute atomic E-state index is 13.3. The van der Waals surface area contributed by atoms with E-state index < -0.39 is 0 Å². The molecule has 5 heteroatoms. The van der Waals surface area contributed by atoms with Gasteiger partial charge in [-0.1, -0.05) is 30.3 Å². The van der Waals surface area contributed by atoms with E-state index in [0.29, 0.717) is 22.5 Å². The number of hydrogen-bond acceptors (Lipinski definition) is 4. The molecule has 140 valence electrons. The van der Waals surface area contributed by atoms with Crippen molar-refractivity contribution in [1.82, 2.24) is 4.90 Å². The zero-order chi connectivity index (χ0) is 19.7. The van der Waals surface area contributed by atoms with Crippen LogP contribution in [0, 0.1) is 20.8 Å². The van der Waals surface area contributed by atoms with Crippen molar-refractivity contribution in [2.75, 3.05) is 25.1 Å². The average Bonchev–Trinajstić information content (AvgIpc) is 2.88. The third-order valence-electron chi connectivity index (χ3n) is 4.93. The number of likely N-dealkylation sites (N-methyl/N-ethyl adjacent to an activating group) is 1. The highest BCUT2D eigenvalue weighted by atomic mass is 16.3. The molecule has 0 spiro atoms. The number of carbonyl (C=O) groups is 2. The average molecular weight is 364 g/mol. The van der Waals surface area contributed by atoms with E-state index in [1.54, 1.807) is 18.0 Å². The summed E-state index contributed by atoms with van der Waals surface area (Å²) in [5.41, 5.74) is 5.11. The van der Waals surface area contributed by atoms with Crippen molar-refractivity contribution in [3.63, 3.8) is 0 Å². The van der Waals surface area contributed by atoms with Crippen LogP contribution in [0.5, 0.6) is 0 Å². The van der Waals surface area contributed by atoms with Crippen molar-refractivity contribution in [3.8, 4) is 0 Å². The first kappa shape index (κ1) is 18.9. The molecule has 2 amide bonds. The monoisotopic (exact) mass is 364 g/mol. The molecule has 0 bridgehead atoms. The molecule has 1 N–H and O–H groups in total. The first-order valence-corrected chi connectivity index (χ1v) is 8.94.